The highest BCUT2D eigenvalue weighted by Gasteiger charge is 2.08. The Morgan fingerprint density at radius 1 is 0.857 bits per heavy atom. The average molecular weight is 395 g/mol. The summed E-state index contributed by atoms with van der Waals surface area (Å²) in [6, 6.07) is 19.1. The number of hydrogen-bond donors (Lipinski definition) is 2. The fourth-order valence-corrected chi connectivity index (χ4v) is 2.63. The summed E-state index contributed by atoms with van der Waals surface area (Å²) in [5.41, 5.74) is 2.04. The molecule has 0 unspecified atom stereocenters. The Morgan fingerprint density at radius 2 is 1.61 bits per heavy atom. The van der Waals surface area contributed by atoms with Crippen molar-refractivity contribution in [1.29, 1.82) is 0 Å². The maximum atomic E-state index is 12.9. The van der Waals surface area contributed by atoms with Crippen molar-refractivity contribution in [1.82, 2.24) is 0 Å². The summed E-state index contributed by atoms with van der Waals surface area (Å²) in [6.07, 6.45) is 2.98. The van der Waals surface area contributed by atoms with Gasteiger partial charge in [0.15, 0.2) is 0 Å². The highest BCUT2D eigenvalue weighted by molar-refractivity contribution is 6.32. The number of carbonyl (C=O) groups is 2. The molecule has 3 rings (SSSR count). The molecule has 0 aromatic heterocycles. The van der Waals surface area contributed by atoms with Gasteiger partial charge in [0.1, 0.15) is 5.82 Å². The van der Waals surface area contributed by atoms with E-state index in [9.17, 15) is 14.0 Å². The molecule has 140 valence electrons. The average Bonchev–Trinajstić information content (AvgIpc) is 2.69. The Hall–Kier alpha value is -3.44. The lowest BCUT2D eigenvalue weighted by atomic mass is 10.1. The van der Waals surface area contributed by atoms with Crippen LogP contribution in [0.25, 0.3) is 6.08 Å². The highest BCUT2D eigenvalue weighted by Crippen LogP contribution is 2.17. The van der Waals surface area contributed by atoms with Crippen LogP contribution in [0.15, 0.2) is 78.9 Å². The standard InChI is InChI=1S/C22H16ClFN2O2/c23-20-7-2-1-4-15(20)8-13-21(27)25-19-6-3-5-16(14-19)22(28)26-18-11-9-17(24)10-12-18/h1-14H,(H,25,27)(H,26,28)/b13-8+. The van der Waals surface area contributed by atoms with Crippen LogP contribution in [0.4, 0.5) is 15.8 Å². The van der Waals surface area contributed by atoms with Gasteiger partial charge >= 0.3 is 0 Å². The van der Waals surface area contributed by atoms with E-state index in [4.69, 9.17) is 11.6 Å². The van der Waals surface area contributed by atoms with Gasteiger partial charge in [-0.15, -0.1) is 0 Å². The van der Waals surface area contributed by atoms with Crippen LogP contribution in [0.5, 0.6) is 0 Å². The van der Waals surface area contributed by atoms with Crippen LogP contribution in [0, 0.1) is 5.82 Å². The van der Waals surface area contributed by atoms with Crippen molar-refractivity contribution < 1.29 is 14.0 Å². The normalized spacial score (nSPS) is 10.6. The molecule has 0 atom stereocenters. The molecule has 2 N–H and O–H groups in total. The number of rotatable bonds is 5. The maximum absolute atomic E-state index is 12.9. The third kappa shape index (κ3) is 5.28. The van der Waals surface area contributed by atoms with Gasteiger partial charge in [0.05, 0.1) is 0 Å². The van der Waals surface area contributed by atoms with Gasteiger partial charge in [-0.25, -0.2) is 4.39 Å². The largest absolute Gasteiger partial charge is 0.322 e. The van der Waals surface area contributed by atoms with E-state index in [2.05, 4.69) is 10.6 Å². The zero-order chi connectivity index (χ0) is 19.9. The first-order chi connectivity index (χ1) is 13.5. The van der Waals surface area contributed by atoms with Gasteiger partial charge in [-0.1, -0.05) is 35.9 Å². The van der Waals surface area contributed by atoms with E-state index in [1.54, 1.807) is 42.5 Å². The summed E-state index contributed by atoms with van der Waals surface area (Å²) < 4.78 is 12.9. The number of anilines is 2. The van der Waals surface area contributed by atoms with Crippen molar-refractivity contribution in [3.8, 4) is 0 Å². The molecular weight excluding hydrogens is 379 g/mol. The molecule has 0 saturated heterocycles. The van der Waals surface area contributed by atoms with E-state index in [0.29, 0.717) is 22.0 Å². The van der Waals surface area contributed by atoms with Gasteiger partial charge in [0.2, 0.25) is 5.91 Å². The summed E-state index contributed by atoms with van der Waals surface area (Å²) in [7, 11) is 0. The highest BCUT2D eigenvalue weighted by atomic mass is 35.5. The smallest absolute Gasteiger partial charge is 0.255 e. The van der Waals surface area contributed by atoms with E-state index in [1.165, 1.54) is 30.3 Å². The van der Waals surface area contributed by atoms with Gasteiger partial charge in [0.25, 0.3) is 5.91 Å². The molecule has 0 heterocycles. The second-order valence-electron chi connectivity index (χ2n) is 5.89. The van der Waals surface area contributed by atoms with E-state index in [1.807, 2.05) is 12.1 Å². The zero-order valence-electron chi connectivity index (χ0n) is 14.7. The predicted octanol–water partition coefficient (Wildman–Crippen LogP) is 5.38. The quantitative estimate of drug-likeness (QED) is 0.570. The number of benzene rings is 3. The first-order valence-electron chi connectivity index (χ1n) is 8.42. The molecule has 0 aliphatic heterocycles. The lowest BCUT2D eigenvalue weighted by Crippen LogP contribution is -2.13. The lowest BCUT2D eigenvalue weighted by molar-refractivity contribution is -0.111. The third-order valence-corrected chi connectivity index (χ3v) is 4.16. The van der Waals surface area contributed by atoms with E-state index in [-0.39, 0.29) is 17.6 Å². The lowest BCUT2D eigenvalue weighted by Gasteiger charge is -2.07. The molecule has 0 aliphatic carbocycles. The molecule has 2 amide bonds. The molecule has 4 nitrogen and oxygen atoms in total. The summed E-state index contributed by atoms with van der Waals surface area (Å²) in [6.45, 7) is 0. The van der Waals surface area contributed by atoms with Crippen LogP contribution < -0.4 is 10.6 Å². The van der Waals surface area contributed by atoms with E-state index >= 15 is 0 Å². The molecule has 3 aromatic rings. The minimum absolute atomic E-state index is 0.351. The number of amides is 2. The van der Waals surface area contributed by atoms with Crippen molar-refractivity contribution >= 4 is 40.9 Å². The Labute approximate surface area is 166 Å². The molecular formula is C22H16ClFN2O2. The summed E-state index contributed by atoms with van der Waals surface area (Å²) >= 11 is 6.05. The van der Waals surface area contributed by atoms with Crippen LogP contribution >= 0.6 is 11.6 Å². The fraction of sp³-hybridized carbons (Fsp3) is 0. The van der Waals surface area contributed by atoms with Crippen LogP contribution in [0.3, 0.4) is 0 Å². The molecule has 6 heteroatoms. The van der Waals surface area contributed by atoms with E-state index in [0.717, 1.165) is 5.56 Å². The number of nitrogens with one attached hydrogen (secondary N) is 2. The molecule has 0 radical (unpaired) electrons. The summed E-state index contributed by atoms with van der Waals surface area (Å²) in [5.74, 6) is -1.10. The van der Waals surface area contributed by atoms with Gasteiger partial charge in [-0.2, -0.15) is 0 Å². The van der Waals surface area contributed by atoms with Gasteiger partial charge in [-0.3, -0.25) is 9.59 Å². The van der Waals surface area contributed by atoms with Crippen molar-refractivity contribution in [2.75, 3.05) is 10.6 Å². The van der Waals surface area contributed by atoms with Gasteiger partial charge < -0.3 is 10.6 Å². The minimum Gasteiger partial charge on any atom is -0.322 e. The molecule has 0 fully saturated rings. The van der Waals surface area contributed by atoms with Gasteiger partial charge in [-0.05, 0) is 60.2 Å². The number of hydrogen-bond acceptors (Lipinski definition) is 2. The van der Waals surface area contributed by atoms with Crippen LogP contribution in [0.1, 0.15) is 15.9 Å². The zero-order valence-corrected chi connectivity index (χ0v) is 15.4. The summed E-state index contributed by atoms with van der Waals surface area (Å²) in [5, 5.41) is 5.92. The first-order valence-corrected chi connectivity index (χ1v) is 8.79. The fourth-order valence-electron chi connectivity index (χ4n) is 2.43. The first kappa shape index (κ1) is 19.3. The number of carbonyl (C=O) groups excluding carboxylic acids is 2. The Balaban J connectivity index is 1.65. The van der Waals surface area contributed by atoms with Crippen LogP contribution in [-0.2, 0) is 4.79 Å². The monoisotopic (exact) mass is 394 g/mol. The Kier molecular flexibility index (Phi) is 6.19. The van der Waals surface area contributed by atoms with Crippen molar-refractivity contribution in [2.24, 2.45) is 0 Å². The number of halogens is 2. The molecule has 3 aromatic carbocycles. The topological polar surface area (TPSA) is 58.2 Å². The second kappa shape index (κ2) is 8.97. The van der Waals surface area contributed by atoms with Gasteiger partial charge in [0, 0.05) is 28.0 Å². The van der Waals surface area contributed by atoms with Crippen molar-refractivity contribution in [2.45, 2.75) is 0 Å². The maximum Gasteiger partial charge on any atom is 0.255 e. The Morgan fingerprint density at radius 3 is 2.36 bits per heavy atom. The van der Waals surface area contributed by atoms with Crippen LogP contribution in [0.2, 0.25) is 5.02 Å². The minimum atomic E-state index is -0.382. The second-order valence-corrected chi connectivity index (χ2v) is 6.29. The predicted molar refractivity (Wildman–Crippen MR) is 110 cm³/mol. The third-order valence-electron chi connectivity index (χ3n) is 3.81. The van der Waals surface area contributed by atoms with Crippen molar-refractivity contribution in [3.63, 3.8) is 0 Å². The van der Waals surface area contributed by atoms with E-state index < -0.39 is 0 Å². The molecule has 0 bridgehead atoms. The van der Waals surface area contributed by atoms with Crippen LogP contribution in [-0.4, -0.2) is 11.8 Å². The Bertz CT molecular complexity index is 1030. The molecule has 28 heavy (non-hydrogen) atoms. The SMILES string of the molecule is O=C(/C=C/c1ccccc1Cl)Nc1cccc(C(=O)Nc2ccc(F)cc2)c1. The summed E-state index contributed by atoms with van der Waals surface area (Å²) in [4.78, 5) is 24.5. The molecule has 0 aliphatic rings. The molecule has 0 saturated carbocycles. The van der Waals surface area contributed by atoms with Crippen molar-refractivity contribution in [3.05, 3.63) is 101 Å². The molecule has 0 spiro atoms.